The van der Waals surface area contributed by atoms with Crippen LogP contribution >= 0.6 is 0 Å². The number of hydrogen-bond acceptors (Lipinski definition) is 4. The van der Waals surface area contributed by atoms with Gasteiger partial charge in [-0.25, -0.2) is 5.84 Å². The summed E-state index contributed by atoms with van der Waals surface area (Å²) in [5, 5.41) is 0. The summed E-state index contributed by atoms with van der Waals surface area (Å²) in [5.41, 5.74) is 2.08. The van der Waals surface area contributed by atoms with Gasteiger partial charge in [0.2, 0.25) is 0 Å². The van der Waals surface area contributed by atoms with Crippen molar-refractivity contribution in [2.24, 2.45) is 23.6 Å². The molecule has 1 aromatic rings. The molecule has 0 aliphatic heterocycles. The summed E-state index contributed by atoms with van der Waals surface area (Å²) in [5.74, 6) is 8.57. The number of carbonyl (C=O) groups excluding carboxylic acids is 1. The van der Waals surface area contributed by atoms with Gasteiger partial charge in [0.1, 0.15) is 5.76 Å². The van der Waals surface area contributed by atoms with E-state index < -0.39 is 0 Å². The fraction of sp³-hybridized carbons (Fsp3) is 0.667. The van der Waals surface area contributed by atoms with Gasteiger partial charge in [0, 0.05) is 6.54 Å². The Kier molecular flexibility index (Phi) is 3.81. The standard InChI is InChI=1S/C15H23N3O2/c1-18(8-12-7-10-2-3-11(12)6-10)9-13-4-5-14(20-13)15(19)17-16/h4-5,10-12H,2-3,6-9,16H2,1H3,(H,17,19). The number of nitrogens with two attached hydrogens (primary N) is 1. The summed E-state index contributed by atoms with van der Waals surface area (Å²) in [6.07, 6.45) is 5.71. The first-order valence-electron chi connectivity index (χ1n) is 7.44. The molecule has 20 heavy (non-hydrogen) atoms. The molecule has 2 aliphatic rings. The number of carbonyl (C=O) groups is 1. The largest absolute Gasteiger partial charge is 0.455 e. The molecule has 3 N–H and O–H groups in total. The Morgan fingerprint density at radius 1 is 1.45 bits per heavy atom. The van der Waals surface area contributed by atoms with Crippen LogP contribution in [0.1, 0.15) is 42.0 Å². The van der Waals surface area contributed by atoms with Crippen molar-refractivity contribution in [1.82, 2.24) is 10.3 Å². The third-order valence-corrected chi connectivity index (χ3v) is 4.87. The lowest BCUT2D eigenvalue weighted by Crippen LogP contribution is -2.29. The number of hydrogen-bond donors (Lipinski definition) is 2. The number of hydrazine groups is 1. The van der Waals surface area contributed by atoms with Crippen molar-refractivity contribution >= 4 is 5.91 Å². The molecular weight excluding hydrogens is 254 g/mol. The highest BCUT2D eigenvalue weighted by Crippen LogP contribution is 2.48. The van der Waals surface area contributed by atoms with E-state index in [-0.39, 0.29) is 11.7 Å². The maximum Gasteiger partial charge on any atom is 0.300 e. The molecule has 0 radical (unpaired) electrons. The Hall–Kier alpha value is -1.33. The Labute approximate surface area is 119 Å². The molecule has 1 heterocycles. The predicted molar refractivity (Wildman–Crippen MR) is 75.6 cm³/mol. The van der Waals surface area contributed by atoms with Gasteiger partial charge in [0.15, 0.2) is 5.76 Å². The van der Waals surface area contributed by atoms with Crippen LogP contribution in [-0.4, -0.2) is 24.4 Å². The van der Waals surface area contributed by atoms with Crippen LogP contribution in [0.3, 0.4) is 0 Å². The van der Waals surface area contributed by atoms with Crippen molar-refractivity contribution in [1.29, 1.82) is 0 Å². The number of nitrogens with one attached hydrogen (secondary N) is 1. The van der Waals surface area contributed by atoms with Crippen molar-refractivity contribution in [2.75, 3.05) is 13.6 Å². The van der Waals surface area contributed by atoms with E-state index in [0.29, 0.717) is 0 Å². The molecule has 1 amide bonds. The summed E-state index contributed by atoms with van der Waals surface area (Å²) < 4.78 is 5.50. The molecule has 2 aliphatic carbocycles. The van der Waals surface area contributed by atoms with Crippen LogP contribution in [0.25, 0.3) is 0 Å². The van der Waals surface area contributed by atoms with Crippen LogP contribution in [-0.2, 0) is 6.54 Å². The molecule has 2 saturated carbocycles. The first kappa shape index (κ1) is 13.6. The SMILES string of the molecule is CN(Cc1ccc(C(=O)NN)o1)CC1CC2CCC1C2. The van der Waals surface area contributed by atoms with Crippen molar-refractivity contribution < 1.29 is 9.21 Å². The van der Waals surface area contributed by atoms with Crippen LogP contribution < -0.4 is 11.3 Å². The van der Waals surface area contributed by atoms with Gasteiger partial charge in [0.05, 0.1) is 6.54 Å². The average Bonchev–Trinajstić information content (AvgIpc) is 3.13. The summed E-state index contributed by atoms with van der Waals surface area (Å²) in [6.45, 7) is 1.87. The second kappa shape index (κ2) is 5.58. The molecule has 0 aromatic carbocycles. The molecule has 2 bridgehead atoms. The highest BCUT2D eigenvalue weighted by Gasteiger charge is 2.39. The lowest BCUT2D eigenvalue weighted by molar-refractivity contribution is 0.0922. The summed E-state index contributed by atoms with van der Waals surface area (Å²) >= 11 is 0. The predicted octanol–water partition coefficient (Wildman–Crippen LogP) is 1.75. The minimum atomic E-state index is -0.382. The van der Waals surface area contributed by atoms with Gasteiger partial charge in [-0.2, -0.15) is 0 Å². The Morgan fingerprint density at radius 3 is 2.95 bits per heavy atom. The molecule has 3 atom stereocenters. The lowest BCUT2D eigenvalue weighted by atomic mass is 9.88. The number of nitrogen functional groups attached to an aromatic ring is 1. The molecular formula is C15H23N3O2. The van der Waals surface area contributed by atoms with Crippen LogP contribution in [0.4, 0.5) is 0 Å². The van der Waals surface area contributed by atoms with E-state index in [1.165, 1.54) is 25.7 Å². The van der Waals surface area contributed by atoms with E-state index >= 15 is 0 Å². The van der Waals surface area contributed by atoms with Crippen molar-refractivity contribution in [3.05, 3.63) is 23.7 Å². The van der Waals surface area contributed by atoms with Gasteiger partial charge < -0.3 is 4.42 Å². The molecule has 5 heteroatoms. The first-order chi connectivity index (χ1) is 9.65. The zero-order valence-corrected chi connectivity index (χ0v) is 12.0. The van der Waals surface area contributed by atoms with Crippen LogP contribution in [0.2, 0.25) is 0 Å². The summed E-state index contributed by atoms with van der Waals surface area (Å²) in [7, 11) is 2.12. The second-order valence-electron chi connectivity index (χ2n) is 6.37. The second-order valence-corrected chi connectivity index (χ2v) is 6.37. The molecule has 3 unspecified atom stereocenters. The molecule has 3 rings (SSSR count). The minimum Gasteiger partial charge on any atom is -0.455 e. The zero-order chi connectivity index (χ0) is 14.1. The minimum absolute atomic E-state index is 0.274. The van der Waals surface area contributed by atoms with Crippen LogP contribution in [0, 0.1) is 17.8 Å². The van der Waals surface area contributed by atoms with Gasteiger partial charge in [-0.1, -0.05) is 6.42 Å². The third-order valence-electron chi connectivity index (χ3n) is 4.87. The monoisotopic (exact) mass is 277 g/mol. The molecule has 1 aromatic heterocycles. The number of nitrogens with zero attached hydrogens (tertiary/aromatic N) is 1. The zero-order valence-electron chi connectivity index (χ0n) is 12.0. The number of rotatable bonds is 5. The molecule has 0 spiro atoms. The van der Waals surface area contributed by atoms with Gasteiger partial charge in [-0.05, 0) is 56.2 Å². The van der Waals surface area contributed by atoms with Gasteiger partial charge in [-0.3, -0.25) is 15.1 Å². The van der Waals surface area contributed by atoms with E-state index in [0.717, 1.165) is 36.6 Å². The molecule has 0 saturated heterocycles. The number of amides is 1. The van der Waals surface area contributed by atoms with Crippen molar-refractivity contribution in [3.63, 3.8) is 0 Å². The smallest absolute Gasteiger partial charge is 0.300 e. The van der Waals surface area contributed by atoms with Crippen molar-refractivity contribution in [3.8, 4) is 0 Å². The number of furan rings is 1. The maximum absolute atomic E-state index is 11.3. The lowest BCUT2D eigenvalue weighted by Gasteiger charge is -2.26. The Morgan fingerprint density at radius 2 is 2.30 bits per heavy atom. The van der Waals surface area contributed by atoms with Gasteiger partial charge >= 0.3 is 5.91 Å². The van der Waals surface area contributed by atoms with Crippen LogP contribution in [0.15, 0.2) is 16.5 Å². The first-order valence-corrected chi connectivity index (χ1v) is 7.44. The van der Waals surface area contributed by atoms with E-state index in [1.54, 1.807) is 6.07 Å². The highest BCUT2D eigenvalue weighted by molar-refractivity contribution is 5.90. The molecule has 5 nitrogen and oxygen atoms in total. The summed E-state index contributed by atoms with van der Waals surface area (Å²) in [6, 6.07) is 3.52. The fourth-order valence-corrected chi connectivity index (χ4v) is 3.99. The Balaban J connectivity index is 1.52. The van der Waals surface area contributed by atoms with Crippen LogP contribution in [0.5, 0.6) is 0 Å². The van der Waals surface area contributed by atoms with Gasteiger partial charge in [0.25, 0.3) is 0 Å². The normalized spacial score (nSPS) is 28.2. The fourth-order valence-electron chi connectivity index (χ4n) is 3.99. The highest BCUT2D eigenvalue weighted by atomic mass is 16.4. The van der Waals surface area contributed by atoms with Crippen molar-refractivity contribution in [2.45, 2.75) is 32.2 Å². The van der Waals surface area contributed by atoms with E-state index in [4.69, 9.17) is 10.3 Å². The quantitative estimate of drug-likeness (QED) is 0.488. The van der Waals surface area contributed by atoms with Gasteiger partial charge in [-0.15, -0.1) is 0 Å². The van der Waals surface area contributed by atoms with E-state index in [2.05, 4.69) is 17.4 Å². The number of fused-ring (bicyclic) bond motifs is 2. The maximum atomic E-state index is 11.3. The average molecular weight is 277 g/mol. The summed E-state index contributed by atoms with van der Waals surface area (Å²) in [4.78, 5) is 13.6. The van der Waals surface area contributed by atoms with E-state index in [1.807, 2.05) is 6.07 Å². The molecule has 110 valence electrons. The van der Waals surface area contributed by atoms with E-state index in [9.17, 15) is 4.79 Å². The third kappa shape index (κ3) is 2.74. The Bertz CT molecular complexity index is 485. The molecule has 2 fully saturated rings. The topological polar surface area (TPSA) is 71.5 Å².